The maximum absolute atomic E-state index is 11.7. The van der Waals surface area contributed by atoms with Crippen LogP contribution >= 0.6 is 22.6 Å². The molecule has 21 heavy (non-hydrogen) atoms. The van der Waals surface area contributed by atoms with Gasteiger partial charge >= 0.3 is 12.0 Å². The quantitative estimate of drug-likeness (QED) is 0.692. The third-order valence-electron chi connectivity index (χ3n) is 2.60. The van der Waals surface area contributed by atoms with Crippen molar-refractivity contribution in [3.63, 3.8) is 0 Å². The molecule has 1 aromatic carbocycles. The lowest BCUT2D eigenvalue weighted by molar-refractivity contribution is 0.0696. The number of carboxylic acid groups (broad SMARTS) is 1. The molecule has 0 bridgehead atoms. The Kier molecular flexibility index (Phi) is 5.09. The summed E-state index contributed by atoms with van der Waals surface area (Å²) in [6.07, 6.45) is 1.40. The monoisotopic (exact) mass is 397 g/mol. The zero-order valence-corrected chi connectivity index (χ0v) is 13.0. The Hall–Kier alpha value is -2.16. The first kappa shape index (κ1) is 15.2. The number of pyridine rings is 1. The van der Waals surface area contributed by atoms with Crippen LogP contribution in [0.3, 0.4) is 0 Å². The summed E-state index contributed by atoms with van der Waals surface area (Å²) in [4.78, 5) is 26.6. The first-order valence-electron chi connectivity index (χ1n) is 6.03. The number of amides is 2. The molecule has 1 aromatic heterocycles. The molecule has 2 rings (SSSR count). The summed E-state index contributed by atoms with van der Waals surface area (Å²) in [6.45, 7) is 0.150. The molecule has 2 aromatic rings. The maximum Gasteiger partial charge on any atom is 0.335 e. The predicted octanol–water partition coefficient (Wildman–Crippen LogP) is 2.71. The lowest BCUT2D eigenvalue weighted by Crippen LogP contribution is -2.28. The number of benzene rings is 1. The molecule has 0 saturated heterocycles. The van der Waals surface area contributed by atoms with Gasteiger partial charge in [-0.1, -0.05) is 0 Å². The Morgan fingerprint density at radius 3 is 2.57 bits per heavy atom. The van der Waals surface area contributed by atoms with E-state index < -0.39 is 5.97 Å². The first-order chi connectivity index (χ1) is 10.0. The van der Waals surface area contributed by atoms with E-state index in [1.807, 2.05) is 12.1 Å². The minimum atomic E-state index is -1.03. The van der Waals surface area contributed by atoms with Gasteiger partial charge in [-0.15, -0.1) is 0 Å². The molecule has 0 aliphatic heterocycles. The fourth-order valence-corrected chi connectivity index (χ4v) is 1.95. The van der Waals surface area contributed by atoms with Crippen LogP contribution < -0.4 is 10.6 Å². The summed E-state index contributed by atoms with van der Waals surface area (Å²) >= 11 is 2.18. The average Bonchev–Trinajstić information content (AvgIpc) is 2.48. The third-order valence-corrected chi connectivity index (χ3v) is 3.31. The number of hydrogen-bond donors (Lipinski definition) is 3. The molecule has 0 aliphatic carbocycles. The predicted molar refractivity (Wildman–Crippen MR) is 86.2 cm³/mol. The number of carbonyl (C=O) groups is 2. The van der Waals surface area contributed by atoms with Crippen LogP contribution in [0.2, 0.25) is 0 Å². The summed E-state index contributed by atoms with van der Waals surface area (Å²) < 4.78 is 1.08. The van der Waals surface area contributed by atoms with Gasteiger partial charge in [-0.25, -0.2) is 9.59 Å². The highest BCUT2D eigenvalue weighted by Gasteiger charge is 2.06. The largest absolute Gasteiger partial charge is 0.478 e. The van der Waals surface area contributed by atoms with Gasteiger partial charge in [0.05, 0.1) is 17.8 Å². The Morgan fingerprint density at radius 2 is 1.90 bits per heavy atom. The number of aromatic nitrogens is 1. The van der Waals surface area contributed by atoms with E-state index in [1.165, 1.54) is 18.3 Å². The first-order valence-corrected chi connectivity index (χ1v) is 7.11. The molecule has 7 heteroatoms. The lowest BCUT2D eigenvalue weighted by Gasteiger charge is -2.07. The van der Waals surface area contributed by atoms with E-state index in [1.54, 1.807) is 12.1 Å². The molecule has 0 unspecified atom stereocenters. The average molecular weight is 397 g/mol. The summed E-state index contributed by atoms with van der Waals surface area (Å²) in [5.41, 5.74) is 1.30. The minimum absolute atomic E-state index is 0.139. The number of carboxylic acids is 1. The Morgan fingerprint density at radius 1 is 1.19 bits per heavy atom. The number of nitrogens with zero attached hydrogens (tertiary/aromatic N) is 1. The lowest BCUT2D eigenvalue weighted by atomic mass is 10.2. The molecule has 1 heterocycles. The smallest absolute Gasteiger partial charge is 0.335 e. The van der Waals surface area contributed by atoms with E-state index in [9.17, 15) is 9.59 Å². The van der Waals surface area contributed by atoms with Crippen LogP contribution in [-0.2, 0) is 6.54 Å². The minimum Gasteiger partial charge on any atom is -0.478 e. The van der Waals surface area contributed by atoms with Crippen molar-refractivity contribution in [3.05, 3.63) is 57.4 Å². The number of hydrogen-bond acceptors (Lipinski definition) is 3. The molecule has 0 radical (unpaired) electrons. The number of urea groups is 1. The van der Waals surface area contributed by atoms with Crippen LogP contribution in [0.1, 0.15) is 16.1 Å². The molecule has 3 N–H and O–H groups in total. The molecule has 0 fully saturated rings. The van der Waals surface area contributed by atoms with Crippen LogP contribution in [0, 0.1) is 3.57 Å². The number of nitrogens with one attached hydrogen (secondary N) is 2. The van der Waals surface area contributed by atoms with Gasteiger partial charge in [-0.05, 0) is 59.0 Å². The zero-order chi connectivity index (χ0) is 15.2. The van der Waals surface area contributed by atoms with Gasteiger partial charge in [-0.3, -0.25) is 4.98 Å². The number of rotatable bonds is 4. The number of halogens is 1. The van der Waals surface area contributed by atoms with Crippen LogP contribution in [0.25, 0.3) is 0 Å². The Labute approximate surface area is 134 Å². The van der Waals surface area contributed by atoms with Crippen molar-refractivity contribution in [1.29, 1.82) is 0 Å². The van der Waals surface area contributed by atoms with Crippen LogP contribution in [0.15, 0.2) is 42.6 Å². The zero-order valence-electron chi connectivity index (χ0n) is 10.8. The number of anilines is 1. The van der Waals surface area contributed by atoms with E-state index in [0.29, 0.717) is 11.4 Å². The Bertz CT molecular complexity index is 659. The molecular weight excluding hydrogens is 385 g/mol. The van der Waals surface area contributed by atoms with Gasteiger partial charge in [0.2, 0.25) is 0 Å². The molecule has 0 spiro atoms. The summed E-state index contributed by atoms with van der Waals surface area (Å²) in [7, 11) is 0. The number of carbonyl (C=O) groups excluding carboxylic acids is 1. The van der Waals surface area contributed by atoms with Gasteiger partial charge in [0.25, 0.3) is 0 Å². The molecule has 2 amide bonds. The number of aromatic carboxylic acids is 1. The highest BCUT2D eigenvalue weighted by molar-refractivity contribution is 14.1. The fourth-order valence-electron chi connectivity index (χ4n) is 1.59. The van der Waals surface area contributed by atoms with Crippen molar-refractivity contribution >= 4 is 40.3 Å². The fraction of sp³-hybridized carbons (Fsp3) is 0.0714. The van der Waals surface area contributed by atoms with Crippen molar-refractivity contribution in [2.75, 3.05) is 5.32 Å². The van der Waals surface area contributed by atoms with Crippen LogP contribution in [0.4, 0.5) is 10.5 Å². The highest BCUT2D eigenvalue weighted by atomic mass is 127. The third kappa shape index (κ3) is 4.71. The summed E-state index contributed by atoms with van der Waals surface area (Å²) in [5.74, 6) is -1.03. The Balaban J connectivity index is 1.90. The second-order valence-corrected chi connectivity index (χ2v) is 5.40. The van der Waals surface area contributed by atoms with Crippen LogP contribution in [-0.4, -0.2) is 22.1 Å². The van der Waals surface area contributed by atoms with Gasteiger partial charge < -0.3 is 15.7 Å². The standard InChI is InChI=1S/C14H12IN3O3/c15-10-1-3-11(4-2-10)18-14(21)17-8-12-7-9(13(19)20)5-6-16-12/h1-7H,8H2,(H,19,20)(H2,17,18,21). The van der Waals surface area contributed by atoms with E-state index in [0.717, 1.165) is 3.57 Å². The highest BCUT2D eigenvalue weighted by Crippen LogP contribution is 2.10. The van der Waals surface area contributed by atoms with Crippen molar-refractivity contribution < 1.29 is 14.7 Å². The van der Waals surface area contributed by atoms with Gasteiger partial charge in [0, 0.05) is 15.5 Å². The van der Waals surface area contributed by atoms with Crippen molar-refractivity contribution in [3.8, 4) is 0 Å². The molecule has 108 valence electrons. The molecule has 0 saturated carbocycles. The van der Waals surface area contributed by atoms with E-state index >= 15 is 0 Å². The second kappa shape index (κ2) is 7.02. The van der Waals surface area contributed by atoms with E-state index in [4.69, 9.17) is 5.11 Å². The van der Waals surface area contributed by atoms with Crippen molar-refractivity contribution in [2.24, 2.45) is 0 Å². The van der Waals surface area contributed by atoms with Crippen molar-refractivity contribution in [2.45, 2.75) is 6.54 Å². The summed E-state index contributed by atoms with van der Waals surface area (Å²) in [5, 5.41) is 14.2. The molecular formula is C14H12IN3O3. The summed E-state index contributed by atoms with van der Waals surface area (Å²) in [6, 6.07) is 9.81. The molecule has 6 nitrogen and oxygen atoms in total. The second-order valence-electron chi connectivity index (χ2n) is 4.16. The topological polar surface area (TPSA) is 91.3 Å². The van der Waals surface area contributed by atoms with Gasteiger partial charge in [-0.2, -0.15) is 0 Å². The van der Waals surface area contributed by atoms with E-state index in [2.05, 4.69) is 38.2 Å². The molecule has 0 atom stereocenters. The van der Waals surface area contributed by atoms with E-state index in [-0.39, 0.29) is 18.1 Å². The van der Waals surface area contributed by atoms with Crippen LogP contribution in [0.5, 0.6) is 0 Å². The normalized spacial score (nSPS) is 9.95. The SMILES string of the molecule is O=C(NCc1cc(C(=O)O)ccn1)Nc1ccc(I)cc1. The maximum atomic E-state index is 11.7. The molecule has 0 aliphatic rings. The van der Waals surface area contributed by atoms with Gasteiger partial charge in [0.15, 0.2) is 0 Å². The van der Waals surface area contributed by atoms with Gasteiger partial charge in [0.1, 0.15) is 0 Å². The van der Waals surface area contributed by atoms with Crippen molar-refractivity contribution in [1.82, 2.24) is 10.3 Å².